The molecule has 0 saturated heterocycles. The van der Waals surface area contributed by atoms with Crippen molar-refractivity contribution in [3.63, 3.8) is 0 Å². The van der Waals surface area contributed by atoms with Crippen LogP contribution in [0.2, 0.25) is 0 Å². The summed E-state index contributed by atoms with van der Waals surface area (Å²) >= 11 is 0. The normalized spacial score (nSPS) is 20.9. The van der Waals surface area contributed by atoms with Gasteiger partial charge in [-0.1, -0.05) is 24.3 Å². The average Bonchev–Trinajstić information content (AvgIpc) is 3.01. The molecular formula is C16H18N2O2. The van der Waals surface area contributed by atoms with E-state index in [2.05, 4.69) is 4.98 Å². The van der Waals surface area contributed by atoms with Gasteiger partial charge in [-0.25, -0.2) is 4.98 Å². The van der Waals surface area contributed by atoms with Gasteiger partial charge in [0.05, 0.1) is 5.41 Å². The predicted octanol–water partition coefficient (Wildman–Crippen LogP) is 2.32. The van der Waals surface area contributed by atoms with Crippen LogP contribution < -0.4 is 0 Å². The quantitative estimate of drug-likeness (QED) is 0.927. The van der Waals surface area contributed by atoms with Gasteiger partial charge in [-0.05, 0) is 30.4 Å². The molecule has 0 radical (unpaired) electrons. The van der Waals surface area contributed by atoms with Crippen LogP contribution in [0.15, 0.2) is 36.7 Å². The summed E-state index contributed by atoms with van der Waals surface area (Å²) in [6.07, 6.45) is 6.47. The number of hydrogen-bond donors (Lipinski definition) is 1. The Morgan fingerprint density at radius 1 is 1.45 bits per heavy atom. The minimum Gasteiger partial charge on any atom is -0.481 e. The second kappa shape index (κ2) is 4.78. The minimum absolute atomic E-state index is 0.601. The molecule has 20 heavy (non-hydrogen) atoms. The molecule has 1 aliphatic carbocycles. The molecule has 0 bridgehead atoms. The highest BCUT2D eigenvalue weighted by Crippen LogP contribution is 2.42. The molecule has 0 saturated carbocycles. The van der Waals surface area contributed by atoms with Crippen LogP contribution in [0.25, 0.3) is 0 Å². The average molecular weight is 270 g/mol. The number of fused-ring (bicyclic) bond motifs is 1. The minimum atomic E-state index is -0.747. The standard InChI is InChI=1S/C16H18N2O2/c1-18-11-10-17-14(18)7-9-16(15(19)20)8-6-12-4-2-3-5-13(12)16/h2-5,10-11H,6-9H2,1H3,(H,19,20). The molecule has 1 aromatic carbocycles. The van der Waals surface area contributed by atoms with Gasteiger partial charge >= 0.3 is 5.97 Å². The van der Waals surface area contributed by atoms with Crippen LogP contribution in [-0.2, 0) is 30.1 Å². The maximum Gasteiger partial charge on any atom is 0.314 e. The maximum absolute atomic E-state index is 11.9. The lowest BCUT2D eigenvalue weighted by atomic mass is 9.78. The van der Waals surface area contributed by atoms with Crippen LogP contribution in [0.1, 0.15) is 29.8 Å². The van der Waals surface area contributed by atoms with E-state index in [4.69, 9.17) is 0 Å². The number of carbonyl (C=O) groups is 1. The Bertz CT molecular complexity index is 647. The first-order valence-electron chi connectivity index (χ1n) is 6.91. The molecule has 1 heterocycles. The van der Waals surface area contributed by atoms with E-state index in [0.29, 0.717) is 19.3 Å². The first-order chi connectivity index (χ1) is 9.63. The third kappa shape index (κ3) is 1.92. The third-order valence-electron chi connectivity index (χ3n) is 4.46. The zero-order chi connectivity index (χ0) is 14.2. The van der Waals surface area contributed by atoms with Crippen molar-refractivity contribution in [3.05, 3.63) is 53.6 Å². The molecule has 0 fully saturated rings. The van der Waals surface area contributed by atoms with Crippen molar-refractivity contribution >= 4 is 5.97 Å². The molecule has 0 amide bonds. The second-order valence-electron chi connectivity index (χ2n) is 5.50. The van der Waals surface area contributed by atoms with E-state index in [1.807, 2.05) is 42.1 Å². The van der Waals surface area contributed by atoms with Crippen LogP contribution in [0.5, 0.6) is 0 Å². The largest absolute Gasteiger partial charge is 0.481 e. The van der Waals surface area contributed by atoms with E-state index in [9.17, 15) is 9.90 Å². The molecule has 1 aromatic heterocycles. The summed E-state index contributed by atoms with van der Waals surface area (Å²) in [5.74, 6) is 0.228. The fourth-order valence-electron chi connectivity index (χ4n) is 3.24. The Labute approximate surface area is 118 Å². The number of aliphatic carboxylic acids is 1. The number of aryl methyl sites for hydroxylation is 3. The van der Waals surface area contributed by atoms with Gasteiger partial charge in [-0.3, -0.25) is 4.79 Å². The molecule has 2 aromatic rings. The molecule has 0 aliphatic heterocycles. The molecule has 0 spiro atoms. The number of aromatic nitrogens is 2. The Morgan fingerprint density at radius 2 is 2.25 bits per heavy atom. The third-order valence-corrected chi connectivity index (χ3v) is 4.46. The molecule has 3 rings (SSSR count). The van der Waals surface area contributed by atoms with Crippen molar-refractivity contribution in [2.75, 3.05) is 0 Å². The van der Waals surface area contributed by atoms with Crippen LogP contribution in [-0.4, -0.2) is 20.6 Å². The Hall–Kier alpha value is -2.10. The lowest BCUT2D eigenvalue weighted by Gasteiger charge is -2.25. The van der Waals surface area contributed by atoms with Crippen LogP contribution >= 0.6 is 0 Å². The summed E-state index contributed by atoms with van der Waals surface area (Å²) in [5.41, 5.74) is 1.42. The molecule has 1 atom stereocenters. The van der Waals surface area contributed by atoms with Crippen molar-refractivity contribution in [1.82, 2.24) is 9.55 Å². The highest BCUT2D eigenvalue weighted by atomic mass is 16.4. The molecule has 1 N–H and O–H groups in total. The number of carboxylic acids is 1. The van der Waals surface area contributed by atoms with Crippen molar-refractivity contribution < 1.29 is 9.90 Å². The van der Waals surface area contributed by atoms with Crippen molar-refractivity contribution in [2.45, 2.75) is 31.1 Å². The predicted molar refractivity (Wildman–Crippen MR) is 75.6 cm³/mol. The number of carboxylic acid groups (broad SMARTS) is 1. The fraction of sp³-hybridized carbons (Fsp3) is 0.375. The van der Waals surface area contributed by atoms with Gasteiger partial charge in [0.1, 0.15) is 5.82 Å². The summed E-state index contributed by atoms with van der Waals surface area (Å²) in [4.78, 5) is 16.2. The first kappa shape index (κ1) is 12.9. The highest BCUT2D eigenvalue weighted by Gasteiger charge is 2.44. The van der Waals surface area contributed by atoms with Crippen LogP contribution in [0.3, 0.4) is 0 Å². The van der Waals surface area contributed by atoms with E-state index < -0.39 is 11.4 Å². The summed E-state index contributed by atoms with van der Waals surface area (Å²) < 4.78 is 1.95. The Morgan fingerprint density at radius 3 is 2.95 bits per heavy atom. The zero-order valence-electron chi connectivity index (χ0n) is 11.5. The van der Waals surface area contributed by atoms with Gasteiger partial charge in [0, 0.05) is 25.9 Å². The van der Waals surface area contributed by atoms with Crippen molar-refractivity contribution in [2.24, 2.45) is 7.05 Å². The highest BCUT2D eigenvalue weighted by molar-refractivity contribution is 5.83. The van der Waals surface area contributed by atoms with E-state index in [1.165, 1.54) is 5.56 Å². The molecule has 1 aliphatic rings. The SMILES string of the molecule is Cn1ccnc1CCC1(C(=O)O)CCc2ccccc21. The van der Waals surface area contributed by atoms with Crippen molar-refractivity contribution in [3.8, 4) is 0 Å². The molecule has 4 heteroatoms. The van der Waals surface area contributed by atoms with Crippen LogP contribution in [0.4, 0.5) is 0 Å². The number of benzene rings is 1. The van der Waals surface area contributed by atoms with Crippen LogP contribution in [0, 0.1) is 0 Å². The molecule has 4 nitrogen and oxygen atoms in total. The summed E-state index contributed by atoms with van der Waals surface area (Å²) in [6, 6.07) is 7.92. The lowest BCUT2D eigenvalue weighted by Crippen LogP contribution is -2.34. The molecule has 1 unspecified atom stereocenters. The summed E-state index contributed by atoms with van der Waals surface area (Å²) in [7, 11) is 1.94. The van der Waals surface area contributed by atoms with Crippen molar-refractivity contribution in [1.29, 1.82) is 0 Å². The topological polar surface area (TPSA) is 55.1 Å². The second-order valence-corrected chi connectivity index (χ2v) is 5.50. The molecule has 104 valence electrons. The van der Waals surface area contributed by atoms with Gasteiger partial charge in [0.15, 0.2) is 0 Å². The van der Waals surface area contributed by atoms with E-state index in [-0.39, 0.29) is 0 Å². The van der Waals surface area contributed by atoms with Gasteiger partial charge < -0.3 is 9.67 Å². The van der Waals surface area contributed by atoms with Gasteiger partial charge in [-0.15, -0.1) is 0 Å². The summed E-state index contributed by atoms with van der Waals surface area (Å²) in [6.45, 7) is 0. The monoisotopic (exact) mass is 270 g/mol. The fourth-order valence-corrected chi connectivity index (χ4v) is 3.24. The maximum atomic E-state index is 11.9. The van der Waals surface area contributed by atoms with E-state index in [0.717, 1.165) is 17.8 Å². The Balaban J connectivity index is 1.91. The van der Waals surface area contributed by atoms with Gasteiger partial charge in [-0.2, -0.15) is 0 Å². The number of nitrogens with zero attached hydrogens (tertiary/aromatic N) is 2. The van der Waals surface area contributed by atoms with Gasteiger partial charge in [0.2, 0.25) is 0 Å². The van der Waals surface area contributed by atoms with E-state index in [1.54, 1.807) is 6.20 Å². The van der Waals surface area contributed by atoms with Gasteiger partial charge in [0.25, 0.3) is 0 Å². The summed E-state index contributed by atoms with van der Waals surface area (Å²) in [5, 5.41) is 9.78. The smallest absolute Gasteiger partial charge is 0.314 e. The molecular weight excluding hydrogens is 252 g/mol. The lowest BCUT2D eigenvalue weighted by molar-refractivity contribution is -0.144. The number of imidazole rings is 1. The first-order valence-corrected chi connectivity index (χ1v) is 6.91. The number of hydrogen-bond acceptors (Lipinski definition) is 2. The Kier molecular flexibility index (Phi) is 3.08. The number of rotatable bonds is 4. The zero-order valence-corrected chi connectivity index (χ0v) is 11.5. The van der Waals surface area contributed by atoms with E-state index >= 15 is 0 Å².